The Morgan fingerprint density at radius 1 is 1.50 bits per heavy atom. The number of aromatic carboxylic acids is 1. The molecule has 0 aliphatic rings. The molecule has 0 fully saturated rings. The van der Waals surface area contributed by atoms with Crippen LogP contribution in [0.5, 0.6) is 0 Å². The van der Waals surface area contributed by atoms with Crippen molar-refractivity contribution in [3.05, 3.63) is 27.8 Å². The molecule has 2 rings (SSSR count). The number of carboxylic acid groups (broad SMARTS) is 1. The molecule has 2 heterocycles. The van der Waals surface area contributed by atoms with Crippen molar-refractivity contribution in [3.63, 3.8) is 0 Å². The molecule has 0 unspecified atom stereocenters. The maximum Gasteiger partial charge on any atom is 0.358 e. The van der Waals surface area contributed by atoms with Crippen molar-refractivity contribution in [2.45, 2.75) is 19.9 Å². The highest BCUT2D eigenvalue weighted by Gasteiger charge is 2.20. The summed E-state index contributed by atoms with van der Waals surface area (Å²) in [6.45, 7) is 2.46. The third-order valence-electron chi connectivity index (χ3n) is 3.00. The summed E-state index contributed by atoms with van der Waals surface area (Å²) in [5.74, 6) is -1.12. The van der Waals surface area contributed by atoms with Crippen molar-refractivity contribution in [2.75, 3.05) is 6.54 Å². The molecule has 20 heavy (non-hydrogen) atoms. The molecule has 108 valence electrons. The molecule has 0 saturated carbocycles. The number of rotatable bonds is 5. The minimum absolute atomic E-state index is 0.0758. The summed E-state index contributed by atoms with van der Waals surface area (Å²) >= 11 is 6.16. The first kappa shape index (κ1) is 14.5. The molecule has 0 atom stereocenters. The molecular formula is C11H15ClN6O2. The summed E-state index contributed by atoms with van der Waals surface area (Å²) in [6.07, 6.45) is 0.381. The van der Waals surface area contributed by atoms with Crippen LogP contribution in [0.25, 0.3) is 0 Å². The molecule has 0 bridgehead atoms. The molecule has 8 nitrogen and oxygen atoms in total. The van der Waals surface area contributed by atoms with E-state index in [1.165, 1.54) is 4.68 Å². The Hall–Kier alpha value is -1.93. The van der Waals surface area contributed by atoms with Crippen molar-refractivity contribution < 1.29 is 9.90 Å². The molecule has 0 aliphatic carbocycles. The normalized spacial score (nSPS) is 11.0. The highest BCUT2D eigenvalue weighted by Crippen LogP contribution is 2.20. The standard InChI is InChI=1S/C11H15ClN6O2/c1-6-7(10(12)17(2)15-6)5-18-8(3-4-13)9(11(19)20)14-16-18/h3-5,13H2,1-2H3,(H,19,20). The minimum atomic E-state index is -1.12. The van der Waals surface area contributed by atoms with E-state index in [0.717, 1.165) is 11.3 Å². The van der Waals surface area contributed by atoms with Gasteiger partial charge in [-0.05, 0) is 13.5 Å². The van der Waals surface area contributed by atoms with Crippen LogP contribution in [0.1, 0.15) is 27.4 Å². The van der Waals surface area contributed by atoms with Crippen LogP contribution in [0.3, 0.4) is 0 Å². The van der Waals surface area contributed by atoms with Crippen LogP contribution >= 0.6 is 11.6 Å². The third kappa shape index (κ3) is 2.52. The minimum Gasteiger partial charge on any atom is -0.476 e. The maximum atomic E-state index is 11.1. The Balaban J connectivity index is 2.40. The molecule has 0 spiro atoms. The molecule has 0 saturated heterocycles. The maximum absolute atomic E-state index is 11.1. The third-order valence-corrected chi connectivity index (χ3v) is 3.47. The first-order chi connectivity index (χ1) is 9.45. The second-order valence-corrected chi connectivity index (χ2v) is 4.72. The number of aryl methyl sites for hydroxylation is 2. The van der Waals surface area contributed by atoms with E-state index in [1.807, 2.05) is 6.92 Å². The van der Waals surface area contributed by atoms with Gasteiger partial charge in [0.05, 0.1) is 17.9 Å². The molecule has 2 aromatic rings. The van der Waals surface area contributed by atoms with Crippen molar-refractivity contribution in [1.29, 1.82) is 0 Å². The molecule has 0 amide bonds. The number of hydrogen-bond donors (Lipinski definition) is 2. The number of hydrogen-bond acceptors (Lipinski definition) is 5. The highest BCUT2D eigenvalue weighted by molar-refractivity contribution is 6.30. The van der Waals surface area contributed by atoms with Gasteiger partial charge in [0.15, 0.2) is 5.69 Å². The number of carbonyl (C=O) groups is 1. The lowest BCUT2D eigenvalue weighted by Crippen LogP contribution is -2.14. The summed E-state index contributed by atoms with van der Waals surface area (Å²) in [6, 6.07) is 0. The first-order valence-electron chi connectivity index (χ1n) is 5.99. The number of halogens is 1. The molecule has 0 radical (unpaired) electrons. The van der Waals surface area contributed by atoms with Gasteiger partial charge in [0.25, 0.3) is 0 Å². The van der Waals surface area contributed by atoms with E-state index in [1.54, 1.807) is 11.7 Å². The Bertz CT molecular complexity index is 648. The van der Waals surface area contributed by atoms with E-state index in [2.05, 4.69) is 15.4 Å². The van der Waals surface area contributed by atoms with Crippen LogP contribution in [-0.2, 0) is 20.0 Å². The van der Waals surface area contributed by atoms with E-state index < -0.39 is 5.97 Å². The van der Waals surface area contributed by atoms with Gasteiger partial charge in [-0.25, -0.2) is 9.48 Å². The van der Waals surface area contributed by atoms with E-state index in [0.29, 0.717) is 30.4 Å². The van der Waals surface area contributed by atoms with Gasteiger partial charge >= 0.3 is 5.97 Å². The van der Waals surface area contributed by atoms with Crippen LogP contribution in [0.4, 0.5) is 0 Å². The van der Waals surface area contributed by atoms with Crippen LogP contribution in [-0.4, -0.2) is 42.4 Å². The van der Waals surface area contributed by atoms with Crippen LogP contribution in [0, 0.1) is 6.92 Å². The summed E-state index contributed by atoms with van der Waals surface area (Å²) < 4.78 is 3.07. The topological polar surface area (TPSA) is 112 Å². The average molecular weight is 299 g/mol. The summed E-state index contributed by atoms with van der Waals surface area (Å²) in [5.41, 5.74) is 7.47. The Kier molecular flexibility index (Phi) is 4.05. The van der Waals surface area contributed by atoms with Crippen molar-refractivity contribution in [3.8, 4) is 0 Å². The lowest BCUT2D eigenvalue weighted by molar-refractivity contribution is 0.0689. The van der Waals surface area contributed by atoms with Crippen LogP contribution < -0.4 is 5.73 Å². The fourth-order valence-corrected chi connectivity index (χ4v) is 2.25. The fourth-order valence-electron chi connectivity index (χ4n) is 2.01. The fraction of sp³-hybridized carbons (Fsp3) is 0.455. The SMILES string of the molecule is Cc1nn(C)c(Cl)c1Cn1nnc(C(=O)O)c1CCN. The summed E-state index contributed by atoms with van der Waals surface area (Å²) in [7, 11) is 1.74. The number of nitrogens with zero attached hydrogens (tertiary/aromatic N) is 5. The summed E-state index contributed by atoms with van der Waals surface area (Å²) in [4.78, 5) is 11.1. The van der Waals surface area contributed by atoms with Gasteiger partial charge in [0, 0.05) is 19.0 Å². The zero-order chi connectivity index (χ0) is 14.9. The lowest BCUT2D eigenvalue weighted by atomic mass is 10.2. The zero-order valence-electron chi connectivity index (χ0n) is 11.2. The molecular weight excluding hydrogens is 284 g/mol. The number of carboxylic acids is 1. The van der Waals surface area contributed by atoms with E-state index in [9.17, 15) is 4.79 Å². The van der Waals surface area contributed by atoms with Crippen molar-refractivity contribution in [1.82, 2.24) is 24.8 Å². The first-order valence-corrected chi connectivity index (χ1v) is 6.37. The molecule has 3 N–H and O–H groups in total. The monoisotopic (exact) mass is 298 g/mol. The van der Waals surface area contributed by atoms with E-state index in [4.69, 9.17) is 22.4 Å². The van der Waals surface area contributed by atoms with Crippen LogP contribution in [0.15, 0.2) is 0 Å². The lowest BCUT2D eigenvalue weighted by Gasteiger charge is -2.06. The van der Waals surface area contributed by atoms with Gasteiger partial charge in [-0.15, -0.1) is 5.10 Å². The van der Waals surface area contributed by atoms with E-state index >= 15 is 0 Å². The predicted octanol–water partition coefficient (Wildman–Crippen LogP) is 0.221. The van der Waals surface area contributed by atoms with Gasteiger partial charge in [-0.1, -0.05) is 16.8 Å². The largest absolute Gasteiger partial charge is 0.476 e. The average Bonchev–Trinajstić information content (AvgIpc) is 2.87. The quantitative estimate of drug-likeness (QED) is 0.816. The molecule has 0 aliphatic heterocycles. The second kappa shape index (κ2) is 5.59. The van der Waals surface area contributed by atoms with Crippen LogP contribution in [0.2, 0.25) is 5.15 Å². The number of aromatic nitrogens is 5. The van der Waals surface area contributed by atoms with Crippen molar-refractivity contribution >= 4 is 17.6 Å². The molecule has 9 heteroatoms. The molecule has 2 aromatic heterocycles. The Morgan fingerprint density at radius 3 is 2.70 bits per heavy atom. The Morgan fingerprint density at radius 2 is 2.20 bits per heavy atom. The Labute approximate surface area is 120 Å². The molecule has 0 aromatic carbocycles. The van der Waals surface area contributed by atoms with Gasteiger partial charge < -0.3 is 10.8 Å². The predicted molar refractivity (Wildman–Crippen MR) is 71.8 cm³/mol. The summed E-state index contributed by atoms with van der Waals surface area (Å²) in [5, 5.41) is 21.3. The second-order valence-electron chi connectivity index (χ2n) is 4.36. The van der Waals surface area contributed by atoms with Gasteiger partial charge in [0.2, 0.25) is 0 Å². The van der Waals surface area contributed by atoms with Gasteiger partial charge in [-0.3, -0.25) is 4.68 Å². The van der Waals surface area contributed by atoms with Gasteiger partial charge in [0.1, 0.15) is 5.15 Å². The smallest absolute Gasteiger partial charge is 0.358 e. The number of nitrogens with two attached hydrogens (primary N) is 1. The van der Waals surface area contributed by atoms with Crippen molar-refractivity contribution in [2.24, 2.45) is 12.8 Å². The zero-order valence-corrected chi connectivity index (χ0v) is 11.9. The highest BCUT2D eigenvalue weighted by atomic mass is 35.5. The van der Waals surface area contributed by atoms with E-state index in [-0.39, 0.29) is 5.69 Å². The van der Waals surface area contributed by atoms with Gasteiger partial charge in [-0.2, -0.15) is 5.10 Å².